The lowest BCUT2D eigenvalue weighted by Crippen LogP contribution is -2.52. The molecule has 0 spiro atoms. The molecule has 1 atom stereocenters. The standard InChI is InChI=1S/C34H47ClFN3O3/c1-41-31-14-13-26(23-32(31)42-2)34(16-18-37-19-21-38(22-20-37)27-9-4-3-5-10-27)15-6-7-17-39(25-34)33(40)24-28-29(35)11-8-12-30(28)36/h8,11-14,23,27H,3-7,9-10,15-22,24-25H2,1-2H3/t34-/m1/s1. The maximum atomic E-state index is 14.6. The van der Waals surface area contributed by atoms with Gasteiger partial charge in [0.2, 0.25) is 5.91 Å². The van der Waals surface area contributed by atoms with Crippen LogP contribution in [-0.4, -0.2) is 86.7 Å². The van der Waals surface area contributed by atoms with Crippen molar-refractivity contribution in [2.75, 3.05) is 60.0 Å². The van der Waals surface area contributed by atoms with E-state index >= 15 is 0 Å². The van der Waals surface area contributed by atoms with Gasteiger partial charge in [-0.1, -0.05) is 49.4 Å². The van der Waals surface area contributed by atoms with Crippen LogP contribution >= 0.6 is 11.6 Å². The first kappa shape index (κ1) is 31.1. The second-order valence-corrected chi connectivity index (χ2v) is 12.8. The second kappa shape index (κ2) is 14.4. The highest BCUT2D eigenvalue weighted by Crippen LogP contribution is 2.41. The van der Waals surface area contributed by atoms with Crippen LogP contribution in [0.5, 0.6) is 11.5 Å². The average molecular weight is 600 g/mol. The highest BCUT2D eigenvalue weighted by atomic mass is 35.5. The van der Waals surface area contributed by atoms with Gasteiger partial charge in [-0.05, 0) is 68.5 Å². The van der Waals surface area contributed by atoms with Crippen molar-refractivity contribution in [2.24, 2.45) is 0 Å². The van der Waals surface area contributed by atoms with Gasteiger partial charge >= 0.3 is 0 Å². The smallest absolute Gasteiger partial charge is 0.227 e. The Bertz CT molecular complexity index is 1180. The minimum absolute atomic E-state index is 0.0311. The number of carbonyl (C=O) groups is 1. The fraction of sp³-hybridized carbons (Fsp3) is 0.618. The lowest BCUT2D eigenvalue weighted by Gasteiger charge is -2.43. The molecule has 1 amide bonds. The van der Waals surface area contributed by atoms with Crippen molar-refractivity contribution in [3.8, 4) is 11.5 Å². The molecule has 8 heteroatoms. The van der Waals surface area contributed by atoms with Gasteiger partial charge in [-0.3, -0.25) is 9.69 Å². The first-order valence-electron chi connectivity index (χ1n) is 15.8. The summed E-state index contributed by atoms with van der Waals surface area (Å²) in [5.74, 6) is 0.903. The zero-order chi connectivity index (χ0) is 29.5. The predicted molar refractivity (Wildman–Crippen MR) is 166 cm³/mol. The molecule has 230 valence electrons. The normalized spacial score (nSPS) is 23.0. The number of amides is 1. The van der Waals surface area contributed by atoms with Crippen molar-refractivity contribution in [3.63, 3.8) is 0 Å². The Hall–Kier alpha value is -2.35. The van der Waals surface area contributed by atoms with Gasteiger partial charge in [0.05, 0.1) is 20.6 Å². The monoisotopic (exact) mass is 599 g/mol. The highest BCUT2D eigenvalue weighted by molar-refractivity contribution is 6.31. The number of likely N-dealkylation sites (tertiary alicyclic amines) is 1. The number of rotatable bonds is 9. The molecule has 5 rings (SSSR count). The first-order chi connectivity index (χ1) is 20.4. The molecule has 6 nitrogen and oxygen atoms in total. The van der Waals surface area contributed by atoms with Crippen LogP contribution in [-0.2, 0) is 16.6 Å². The van der Waals surface area contributed by atoms with E-state index in [-0.39, 0.29) is 23.3 Å². The van der Waals surface area contributed by atoms with Crippen molar-refractivity contribution < 1.29 is 18.7 Å². The average Bonchev–Trinajstić information content (AvgIpc) is 3.26. The summed E-state index contributed by atoms with van der Waals surface area (Å²) in [5.41, 5.74) is 1.20. The molecule has 1 saturated carbocycles. The number of halogens is 2. The van der Waals surface area contributed by atoms with Crippen molar-refractivity contribution in [1.82, 2.24) is 14.7 Å². The van der Waals surface area contributed by atoms with Crippen LogP contribution in [0.1, 0.15) is 68.9 Å². The maximum Gasteiger partial charge on any atom is 0.227 e. The Labute approximate surface area is 256 Å². The molecular weight excluding hydrogens is 553 g/mol. The van der Waals surface area contributed by atoms with E-state index in [0.29, 0.717) is 29.6 Å². The Balaban J connectivity index is 1.35. The minimum Gasteiger partial charge on any atom is -0.493 e. The minimum atomic E-state index is -0.427. The van der Waals surface area contributed by atoms with Gasteiger partial charge in [-0.15, -0.1) is 0 Å². The maximum absolute atomic E-state index is 14.6. The van der Waals surface area contributed by atoms with Gasteiger partial charge in [-0.25, -0.2) is 4.39 Å². The lowest BCUT2D eigenvalue weighted by atomic mass is 9.73. The number of benzene rings is 2. The zero-order valence-electron chi connectivity index (χ0n) is 25.4. The third-order valence-electron chi connectivity index (χ3n) is 9.97. The van der Waals surface area contributed by atoms with Crippen LogP contribution in [0, 0.1) is 5.82 Å². The van der Waals surface area contributed by atoms with Crippen molar-refractivity contribution in [1.29, 1.82) is 0 Å². The summed E-state index contributed by atoms with van der Waals surface area (Å²) < 4.78 is 25.9. The molecule has 2 aromatic carbocycles. The first-order valence-corrected chi connectivity index (χ1v) is 16.2. The lowest BCUT2D eigenvalue weighted by molar-refractivity contribution is -0.131. The summed E-state index contributed by atoms with van der Waals surface area (Å²) in [7, 11) is 3.32. The molecule has 3 aliphatic rings. The van der Waals surface area contributed by atoms with Crippen LogP contribution < -0.4 is 9.47 Å². The van der Waals surface area contributed by atoms with E-state index < -0.39 is 5.82 Å². The van der Waals surface area contributed by atoms with Gasteiger partial charge in [0, 0.05) is 61.3 Å². The molecule has 2 saturated heterocycles. The molecule has 2 heterocycles. The predicted octanol–water partition coefficient (Wildman–Crippen LogP) is 6.33. The fourth-order valence-electron chi connectivity index (χ4n) is 7.39. The molecule has 0 unspecified atom stereocenters. The third kappa shape index (κ3) is 7.23. The molecule has 0 aromatic heterocycles. The molecular formula is C34H47ClFN3O3. The number of ether oxygens (including phenoxy) is 2. The summed E-state index contributed by atoms with van der Waals surface area (Å²) in [4.78, 5) is 21.0. The van der Waals surface area contributed by atoms with Crippen LogP contribution in [0.25, 0.3) is 0 Å². The van der Waals surface area contributed by atoms with Crippen LogP contribution in [0.3, 0.4) is 0 Å². The van der Waals surface area contributed by atoms with Crippen molar-refractivity contribution >= 4 is 17.5 Å². The molecule has 0 N–H and O–H groups in total. The summed E-state index contributed by atoms with van der Waals surface area (Å²) in [5, 5.41) is 0.302. The number of hydrogen-bond donors (Lipinski definition) is 0. The van der Waals surface area contributed by atoms with Crippen LogP contribution in [0.4, 0.5) is 4.39 Å². The Morgan fingerprint density at radius 2 is 1.71 bits per heavy atom. The largest absolute Gasteiger partial charge is 0.493 e. The highest BCUT2D eigenvalue weighted by Gasteiger charge is 2.38. The molecule has 0 bridgehead atoms. The molecule has 1 aliphatic carbocycles. The third-order valence-corrected chi connectivity index (χ3v) is 10.3. The summed E-state index contributed by atoms with van der Waals surface area (Å²) in [6, 6.07) is 11.6. The van der Waals surface area contributed by atoms with Gasteiger partial charge in [0.1, 0.15) is 5.82 Å². The van der Waals surface area contributed by atoms with Crippen LogP contribution in [0.15, 0.2) is 36.4 Å². The zero-order valence-corrected chi connectivity index (χ0v) is 26.1. The Kier molecular flexibility index (Phi) is 10.7. The number of nitrogens with zero attached hydrogens (tertiary/aromatic N) is 3. The van der Waals surface area contributed by atoms with Gasteiger partial charge < -0.3 is 19.3 Å². The van der Waals surface area contributed by atoms with Gasteiger partial charge in [0.15, 0.2) is 11.5 Å². The van der Waals surface area contributed by atoms with E-state index in [2.05, 4.69) is 21.9 Å². The topological polar surface area (TPSA) is 45.2 Å². The molecule has 42 heavy (non-hydrogen) atoms. The molecule has 2 aliphatic heterocycles. The summed E-state index contributed by atoms with van der Waals surface area (Å²) >= 11 is 6.31. The van der Waals surface area contributed by atoms with E-state index in [0.717, 1.165) is 64.4 Å². The number of methoxy groups -OCH3 is 2. The number of hydrogen-bond acceptors (Lipinski definition) is 5. The Morgan fingerprint density at radius 3 is 2.43 bits per heavy atom. The summed E-state index contributed by atoms with van der Waals surface area (Å²) in [6.45, 7) is 6.70. The van der Waals surface area contributed by atoms with Crippen molar-refractivity contribution in [2.45, 2.75) is 75.7 Å². The molecule has 2 aromatic rings. The number of piperazine rings is 1. The van der Waals surface area contributed by atoms with E-state index in [1.54, 1.807) is 26.4 Å². The summed E-state index contributed by atoms with van der Waals surface area (Å²) in [6.07, 6.45) is 10.7. The quantitative estimate of drug-likeness (QED) is 0.337. The van der Waals surface area contributed by atoms with E-state index in [1.807, 2.05) is 11.0 Å². The van der Waals surface area contributed by atoms with Crippen LogP contribution in [0.2, 0.25) is 5.02 Å². The Morgan fingerprint density at radius 1 is 0.952 bits per heavy atom. The molecule has 3 fully saturated rings. The van der Waals surface area contributed by atoms with Gasteiger partial charge in [-0.2, -0.15) is 0 Å². The second-order valence-electron chi connectivity index (χ2n) is 12.4. The fourth-order valence-corrected chi connectivity index (χ4v) is 7.62. The number of carbonyl (C=O) groups excluding carboxylic acids is 1. The van der Waals surface area contributed by atoms with E-state index in [9.17, 15) is 9.18 Å². The molecule has 0 radical (unpaired) electrons. The van der Waals surface area contributed by atoms with Crippen molar-refractivity contribution in [3.05, 3.63) is 58.4 Å². The van der Waals surface area contributed by atoms with E-state index in [1.165, 1.54) is 43.7 Å². The van der Waals surface area contributed by atoms with E-state index in [4.69, 9.17) is 21.1 Å². The van der Waals surface area contributed by atoms with Gasteiger partial charge in [0.25, 0.3) is 0 Å². The SMILES string of the molecule is COc1ccc([C@@]2(CCN3CCN(C4CCCCC4)CC3)CCCCN(C(=O)Cc3c(F)cccc3Cl)C2)cc1OC.